The van der Waals surface area contributed by atoms with Gasteiger partial charge in [-0.25, -0.2) is 0 Å². The number of benzene rings is 1. The second kappa shape index (κ2) is 5.47. The van der Waals surface area contributed by atoms with Gasteiger partial charge in [0.05, 0.1) is 0 Å². The highest BCUT2D eigenvalue weighted by atomic mass is 79.9. The third-order valence-electron chi connectivity index (χ3n) is 2.63. The summed E-state index contributed by atoms with van der Waals surface area (Å²) in [4.78, 5) is 0. The summed E-state index contributed by atoms with van der Waals surface area (Å²) in [5.41, 5.74) is 4.02. The Bertz CT molecular complexity index is 358. The van der Waals surface area contributed by atoms with Crippen molar-refractivity contribution in [2.24, 2.45) is 0 Å². The van der Waals surface area contributed by atoms with Crippen molar-refractivity contribution in [1.29, 1.82) is 0 Å². The van der Waals surface area contributed by atoms with Gasteiger partial charge in [-0.15, -0.1) is 0 Å². The Labute approximate surface area is 101 Å². The van der Waals surface area contributed by atoms with Gasteiger partial charge in [-0.1, -0.05) is 40.7 Å². The fraction of sp³-hybridized carbons (Fsp3) is 0.385. The number of nitrogens with one attached hydrogen (secondary N) is 1. The van der Waals surface area contributed by atoms with Gasteiger partial charge in [0.15, 0.2) is 0 Å². The highest BCUT2D eigenvalue weighted by molar-refractivity contribution is 9.11. The largest absolute Gasteiger partial charge is 0.306 e. The molecule has 0 bridgehead atoms. The van der Waals surface area contributed by atoms with E-state index in [2.05, 4.69) is 66.8 Å². The molecule has 1 aromatic rings. The molecule has 15 heavy (non-hydrogen) atoms. The van der Waals surface area contributed by atoms with Crippen LogP contribution >= 0.6 is 15.9 Å². The van der Waals surface area contributed by atoms with Crippen LogP contribution in [0, 0.1) is 13.8 Å². The van der Waals surface area contributed by atoms with Gasteiger partial charge >= 0.3 is 0 Å². The molecule has 1 N–H and O–H groups in total. The topological polar surface area (TPSA) is 12.0 Å². The molecule has 0 amide bonds. The van der Waals surface area contributed by atoms with Crippen LogP contribution in [-0.2, 0) is 0 Å². The van der Waals surface area contributed by atoms with Gasteiger partial charge in [0.25, 0.3) is 0 Å². The Balaban J connectivity index is 2.69. The second-order valence-corrected chi connectivity index (χ2v) is 5.09. The van der Waals surface area contributed by atoms with E-state index in [1.807, 2.05) is 0 Å². The summed E-state index contributed by atoms with van der Waals surface area (Å²) in [5, 5.41) is 3.40. The Morgan fingerprint density at radius 1 is 1.40 bits per heavy atom. The first-order valence-corrected chi connectivity index (χ1v) is 5.94. The summed E-state index contributed by atoms with van der Waals surface area (Å²) in [6.45, 7) is 11.1. The van der Waals surface area contributed by atoms with E-state index in [1.165, 1.54) is 16.7 Å². The number of hydrogen-bond acceptors (Lipinski definition) is 1. The number of rotatable bonds is 4. The van der Waals surface area contributed by atoms with Gasteiger partial charge in [-0.2, -0.15) is 0 Å². The lowest BCUT2D eigenvalue weighted by Crippen LogP contribution is -2.19. The molecule has 1 nitrogen and oxygen atoms in total. The zero-order valence-corrected chi connectivity index (χ0v) is 11.2. The maximum absolute atomic E-state index is 3.81. The highest BCUT2D eigenvalue weighted by Gasteiger charge is 2.05. The molecule has 0 saturated heterocycles. The van der Waals surface area contributed by atoms with Crippen LogP contribution in [0.4, 0.5) is 0 Å². The number of halogens is 1. The van der Waals surface area contributed by atoms with Crippen LogP contribution in [0.3, 0.4) is 0 Å². The third-order valence-corrected chi connectivity index (χ3v) is 2.91. The van der Waals surface area contributed by atoms with Crippen molar-refractivity contribution in [3.8, 4) is 0 Å². The quantitative estimate of drug-likeness (QED) is 0.874. The predicted octanol–water partition coefficient (Wildman–Crippen LogP) is 3.86. The fourth-order valence-corrected chi connectivity index (χ4v) is 1.58. The van der Waals surface area contributed by atoms with Crippen molar-refractivity contribution in [3.05, 3.63) is 46.0 Å². The van der Waals surface area contributed by atoms with E-state index in [4.69, 9.17) is 0 Å². The normalized spacial score (nSPS) is 12.5. The summed E-state index contributed by atoms with van der Waals surface area (Å²) in [5.74, 6) is 0. The molecule has 0 aliphatic heterocycles. The van der Waals surface area contributed by atoms with Gasteiger partial charge in [0, 0.05) is 17.1 Å². The fourth-order valence-electron chi connectivity index (χ4n) is 1.42. The molecular weight excluding hydrogens is 250 g/mol. The SMILES string of the molecule is C=C(Br)CNC(C)c1ccc(C)c(C)c1. The molecule has 0 aliphatic rings. The van der Waals surface area contributed by atoms with Gasteiger partial charge in [0.2, 0.25) is 0 Å². The van der Waals surface area contributed by atoms with Gasteiger partial charge in [-0.05, 0) is 37.5 Å². The monoisotopic (exact) mass is 267 g/mol. The summed E-state index contributed by atoms with van der Waals surface area (Å²) >= 11 is 3.34. The summed E-state index contributed by atoms with van der Waals surface area (Å²) in [6, 6.07) is 6.95. The van der Waals surface area contributed by atoms with E-state index in [-0.39, 0.29) is 0 Å². The van der Waals surface area contributed by atoms with E-state index < -0.39 is 0 Å². The summed E-state index contributed by atoms with van der Waals surface area (Å²) in [7, 11) is 0. The van der Waals surface area contributed by atoms with Gasteiger partial charge in [0.1, 0.15) is 0 Å². The Morgan fingerprint density at radius 3 is 2.60 bits per heavy atom. The van der Waals surface area contributed by atoms with Crippen molar-refractivity contribution < 1.29 is 0 Å². The van der Waals surface area contributed by atoms with Gasteiger partial charge in [-0.3, -0.25) is 0 Å². The Hall–Kier alpha value is -0.600. The minimum absolute atomic E-state index is 0.360. The van der Waals surface area contributed by atoms with Crippen molar-refractivity contribution in [2.45, 2.75) is 26.8 Å². The average Bonchev–Trinajstić information content (AvgIpc) is 2.18. The van der Waals surface area contributed by atoms with Gasteiger partial charge < -0.3 is 5.32 Å². The molecule has 0 spiro atoms. The lowest BCUT2D eigenvalue weighted by molar-refractivity contribution is 0.615. The molecule has 1 unspecified atom stereocenters. The van der Waals surface area contributed by atoms with E-state index in [0.29, 0.717) is 6.04 Å². The van der Waals surface area contributed by atoms with Crippen molar-refractivity contribution >= 4 is 15.9 Å². The first-order chi connectivity index (χ1) is 7.00. The van der Waals surface area contributed by atoms with E-state index in [1.54, 1.807) is 0 Å². The number of aryl methyl sites for hydroxylation is 2. The Morgan fingerprint density at radius 2 is 2.07 bits per heavy atom. The summed E-state index contributed by atoms with van der Waals surface area (Å²) in [6.07, 6.45) is 0. The zero-order chi connectivity index (χ0) is 11.4. The first kappa shape index (κ1) is 12.5. The molecule has 0 aromatic heterocycles. The second-order valence-electron chi connectivity index (χ2n) is 3.96. The standard InChI is InChI=1S/C13H18BrN/c1-9-5-6-13(7-10(9)2)12(4)15-8-11(3)14/h5-7,12,15H,3,8H2,1-2,4H3. The van der Waals surface area contributed by atoms with Crippen molar-refractivity contribution in [1.82, 2.24) is 5.32 Å². The molecular formula is C13H18BrN. The lowest BCUT2D eigenvalue weighted by atomic mass is 10.0. The average molecular weight is 268 g/mol. The highest BCUT2D eigenvalue weighted by Crippen LogP contribution is 2.17. The third kappa shape index (κ3) is 3.80. The molecule has 0 heterocycles. The van der Waals surface area contributed by atoms with Crippen LogP contribution in [-0.4, -0.2) is 6.54 Å². The molecule has 0 aliphatic carbocycles. The molecule has 0 saturated carbocycles. The van der Waals surface area contributed by atoms with Crippen LogP contribution in [0.1, 0.15) is 29.7 Å². The summed E-state index contributed by atoms with van der Waals surface area (Å²) < 4.78 is 0.984. The van der Waals surface area contributed by atoms with Crippen molar-refractivity contribution in [3.63, 3.8) is 0 Å². The van der Waals surface area contributed by atoms with Crippen LogP contribution in [0.25, 0.3) is 0 Å². The van der Waals surface area contributed by atoms with Crippen LogP contribution < -0.4 is 5.32 Å². The van der Waals surface area contributed by atoms with Crippen LogP contribution in [0.5, 0.6) is 0 Å². The zero-order valence-electron chi connectivity index (χ0n) is 9.60. The van der Waals surface area contributed by atoms with Crippen molar-refractivity contribution in [2.75, 3.05) is 6.54 Å². The lowest BCUT2D eigenvalue weighted by Gasteiger charge is -2.15. The molecule has 1 rings (SSSR count). The molecule has 2 heteroatoms. The van der Waals surface area contributed by atoms with E-state index >= 15 is 0 Å². The minimum atomic E-state index is 0.360. The molecule has 0 radical (unpaired) electrons. The number of hydrogen-bond donors (Lipinski definition) is 1. The molecule has 82 valence electrons. The molecule has 1 aromatic carbocycles. The Kier molecular flexibility index (Phi) is 4.55. The van der Waals surface area contributed by atoms with Crippen LogP contribution in [0.15, 0.2) is 29.3 Å². The first-order valence-electron chi connectivity index (χ1n) is 5.14. The maximum Gasteiger partial charge on any atom is 0.0295 e. The van der Waals surface area contributed by atoms with E-state index in [0.717, 1.165) is 11.0 Å². The molecule has 1 atom stereocenters. The molecule has 0 fully saturated rings. The minimum Gasteiger partial charge on any atom is -0.306 e. The maximum atomic E-state index is 3.81. The van der Waals surface area contributed by atoms with E-state index in [9.17, 15) is 0 Å². The smallest absolute Gasteiger partial charge is 0.0295 e. The van der Waals surface area contributed by atoms with Crippen LogP contribution in [0.2, 0.25) is 0 Å². The predicted molar refractivity (Wildman–Crippen MR) is 70.4 cm³/mol.